The number of benzene rings is 1. The van der Waals surface area contributed by atoms with Crippen molar-refractivity contribution < 1.29 is 17.5 Å². The lowest BCUT2D eigenvalue weighted by Gasteiger charge is -2.09. The first-order valence-corrected chi connectivity index (χ1v) is 7.38. The summed E-state index contributed by atoms with van der Waals surface area (Å²) < 4.78 is 44.2. The molecule has 1 aromatic carbocycles. The van der Waals surface area contributed by atoms with Gasteiger partial charge in [0.15, 0.2) is 0 Å². The summed E-state index contributed by atoms with van der Waals surface area (Å²) in [5, 5.41) is 0. The highest BCUT2D eigenvalue weighted by atomic mass is 35.5. The second-order valence-corrected chi connectivity index (χ2v) is 5.72. The maximum Gasteiger partial charge on any atom is 0.241 e. The molecule has 0 atom stereocenters. The molecular weight excluding hydrogens is 281 g/mol. The van der Waals surface area contributed by atoms with Crippen molar-refractivity contribution in [2.24, 2.45) is 0 Å². The summed E-state index contributed by atoms with van der Waals surface area (Å²) in [6.45, 7) is 2.32. The molecule has 1 aromatic rings. The minimum atomic E-state index is -3.70. The zero-order valence-corrected chi connectivity index (χ0v) is 11.5. The average molecular weight is 296 g/mol. The molecule has 0 saturated carbocycles. The number of rotatable bonds is 7. The van der Waals surface area contributed by atoms with Gasteiger partial charge in [0.25, 0.3) is 0 Å². The Kier molecular flexibility index (Phi) is 6.01. The fourth-order valence-corrected chi connectivity index (χ4v) is 2.72. The second kappa shape index (κ2) is 7.04. The van der Waals surface area contributed by atoms with Gasteiger partial charge in [0.2, 0.25) is 10.0 Å². The molecule has 0 amide bonds. The SMILES string of the molecule is Cc1ccc(F)cc1S(=O)(=O)NCCOCCCl. The van der Waals surface area contributed by atoms with Crippen LogP contribution in [0.1, 0.15) is 5.56 Å². The Bertz CT molecular complexity index is 493. The van der Waals surface area contributed by atoms with E-state index in [1.165, 1.54) is 12.1 Å². The quantitative estimate of drug-likeness (QED) is 0.615. The third-order valence-electron chi connectivity index (χ3n) is 2.20. The first-order chi connectivity index (χ1) is 8.47. The highest BCUT2D eigenvalue weighted by Crippen LogP contribution is 2.15. The standard InChI is InChI=1S/C11H15ClFNO3S/c1-9-2-3-10(13)8-11(9)18(15,16)14-5-7-17-6-4-12/h2-3,8,14H,4-7H2,1H3. The fraction of sp³-hybridized carbons (Fsp3) is 0.455. The molecule has 0 fully saturated rings. The maximum atomic E-state index is 13.0. The lowest BCUT2D eigenvalue weighted by molar-refractivity contribution is 0.155. The summed E-state index contributed by atoms with van der Waals surface area (Å²) in [7, 11) is -3.70. The molecule has 0 saturated heterocycles. The number of nitrogens with one attached hydrogen (secondary N) is 1. The number of aryl methyl sites for hydroxylation is 1. The summed E-state index contributed by atoms with van der Waals surface area (Å²) in [6, 6.07) is 3.64. The van der Waals surface area contributed by atoms with E-state index in [4.69, 9.17) is 16.3 Å². The third-order valence-corrected chi connectivity index (χ3v) is 3.96. The van der Waals surface area contributed by atoms with Crippen molar-refractivity contribution >= 4 is 21.6 Å². The normalized spacial score (nSPS) is 11.7. The molecule has 0 unspecified atom stereocenters. The molecule has 1 N–H and O–H groups in total. The molecule has 0 radical (unpaired) electrons. The number of ether oxygens (including phenoxy) is 1. The van der Waals surface area contributed by atoms with Crippen LogP contribution >= 0.6 is 11.6 Å². The molecule has 0 aliphatic heterocycles. The van der Waals surface area contributed by atoms with Crippen LogP contribution in [0.2, 0.25) is 0 Å². The molecule has 1 rings (SSSR count). The van der Waals surface area contributed by atoms with E-state index in [-0.39, 0.29) is 18.0 Å². The van der Waals surface area contributed by atoms with E-state index in [2.05, 4.69) is 4.72 Å². The monoisotopic (exact) mass is 295 g/mol. The minimum Gasteiger partial charge on any atom is -0.379 e. The van der Waals surface area contributed by atoms with Gasteiger partial charge in [0, 0.05) is 12.4 Å². The largest absolute Gasteiger partial charge is 0.379 e. The Balaban J connectivity index is 2.66. The average Bonchev–Trinajstić information content (AvgIpc) is 2.32. The van der Waals surface area contributed by atoms with E-state index in [0.29, 0.717) is 18.1 Å². The Hall–Kier alpha value is -0.690. The zero-order chi connectivity index (χ0) is 13.6. The molecule has 0 aliphatic rings. The molecule has 18 heavy (non-hydrogen) atoms. The van der Waals surface area contributed by atoms with E-state index in [1.54, 1.807) is 6.92 Å². The predicted octanol–water partition coefficient (Wildman–Crippen LogP) is 1.67. The van der Waals surface area contributed by atoms with Gasteiger partial charge in [0.05, 0.1) is 18.1 Å². The summed E-state index contributed by atoms with van der Waals surface area (Å²) in [6.07, 6.45) is 0. The van der Waals surface area contributed by atoms with Crippen LogP contribution in [-0.2, 0) is 14.8 Å². The predicted molar refractivity (Wildman–Crippen MR) is 67.9 cm³/mol. The maximum absolute atomic E-state index is 13.0. The van der Waals surface area contributed by atoms with E-state index < -0.39 is 15.8 Å². The van der Waals surface area contributed by atoms with E-state index >= 15 is 0 Å². The Morgan fingerprint density at radius 1 is 1.39 bits per heavy atom. The van der Waals surface area contributed by atoms with Crippen molar-refractivity contribution in [2.75, 3.05) is 25.6 Å². The van der Waals surface area contributed by atoms with Gasteiger partial charge in [0.1, 0.15) is 5.82 Å². The van der Waals surface area contributed by atoms with Crippen molar-refractivity contribution in [3.8, 4) is 0 Å². The molecule has 0 bridgehead atoms. The van der Waals surface area contributed by atoms with Crippen LogP contribution in [0.4, 0.5) is 4.39 Å². The van der Waals surface area contributed by atoms with Crippen molar-refractivity contribution in [3.63, 3.8) is 0 Å². The van der Waals surface area contributed by atoms with Crippen LogP contribution in [0.5, 0.6) is 0 Å². The lowest BCUT2D eigenvalue weighted by atomic mass is 10.2. The Morgan fingerprint density at radius 3 is 2.78 bits per heavy atom. The molecular formula is C11H15ClFNO3S. The van der Waals surface area contributed by atoms with Crippen LogP contribution < -0.4 is 4.72 Å². The molecule has 0 spiro atoms. The topological polar surface area (TPSA) is 55.4 Å². The van der Waals surface area contributed by atoms with Crippen molar-refractivity contribution in [2.45, 2.75) is 11.8 Å². The molecule has 4 nitrogen and oxygen atoms in total. The van der Waals surface area contributed by atoms with Gasteiger partial charge < -0.3 is 4.74 Å². The number of halogens is 2. The van der Waals surface area contributed by atoms with Crippen LogP contribution in [-0.4, -0.2) is 34.1 Å². The van der Waals surface area contributed by atoms with Gasteiger partial charge in [-0.25, -0.2) is 17.5 Å². The minimum absolute atomic E-state index is 0.0557. The summed E-state index contributed by atoms with van der Waals surface area (Å²) in [4.78, 5) is -0.0557. The van der Waals surface area contributed by atoms with E-state index in [9.17, 15) is 12.8 Å². The van der Waals surface area contributed by atoms with Gasteiger partial charge in [-0.15, -0.1) is 11.6 Å². The number of hydrogen-bond donors (Lipinski definition) is 1. The van der Waals surface area contributed by atoms with Gasteiger partial charge in [-0.2, -0.15) is 0 Å². The molecule has 7 heteroatoms. The van der Waals surface area contributed by atoms with Gasteiger partial charge >= 0.3 is 0 Å². The van der Waals surface area contributed by atoms with Gasteiger partial charge in [-0.05, 0) is 24.6 Å². The highest BCUT2D eigenvalue weighted by Gasteiger charge is 2.16. The Morgan fingerprint density at radius 2 is 2.11 bits per heavy atom. The van der Waals surface area contributed by atoms with Crippen LogP contribution in [0, 0.1) is 12.7 Å². The third kappa shape index (κ3) is 4.53. The smallest absolute Gasteiger partial charge is 0.241 e. The highest BCUT2D eigenvalue weighted by molar-refractivity contribution is 7.89. The lowest BCUT2D eigenvalue weighted by Crippen LogP contribution is -2.28. The van der Waals surface area contributed by atoms with Crippen LogP contribution in [0.15, 0.2) is 23.1 Å². The molecule has 0 heterocycles. The number of hydrogen-bond acceptors (Lipinski definition) is 3. The second-order valence-electron chi connectivity index (χ2n) is 3.61. The van der Waals surface area contributed by atoms with Crippen molar-refractivity contribution in [1.29, 1.82) is 0 Å². The first-order valence-electron chi connectivity index (χ1n) is 5.37. The van der Waals surface area contributed by atoms with Crippen LogP contribution in [0.3, 0.4) is 0 Å². The zero-order valence-electron chi connectivity index (χ0n) is 9.95. The molecule has 0 aromatic heterocycles. The summed E-state index contributed by atoms with van der Waals surface area (Å²) in [5.74, 6) is -0.227. The molecule has 0 aliphatic carbocycles. The van der Waals surface area contributed by atoms with E-state index in [1.807, 2.05) is 0 Å². The number of alkyl halides is 1. The summed E-state index contributed by atoms with van der Waals surface area (Å²) >= 11 is 5.40. The van der Waals surface area contributed by atoms with E-state index in [0.717, 1.165) is 6.07 Å². The van der Waals surface area contributed by atoms with Crippen molar-refractivity contribution in [3.05, 3.63) is 29.6 Å². The summed E-state index contributed by atoms with van der Waals surface area (Å²) in [5.41, 5.74) is 0.491. The van der Waals surface area contributed by atoms with Crippen molar-refractivity contribution in [1.82, 2.24) is 4.72 Å². The first kappa shape index (κ1) is 15.4. The van der Waals surface area contributed by atoms with Gasteiger partial charge in [-0.1, -0.05) is 6.07 Å². The fourth-order valence-electron chi connectivity index (χ4n) is 1.35. The Labute approximate surface area is 111 Å². The number of sulfonamides is 1. The van der Waals surface area contributed by atoms with Gasteiger partial charge in [-0.3, -0.25) is 0 Å². The molecule has 102 valence electrons. The van der Waals surface area contributed by atoms with Crippen LogP contribution in [0.25, 0.3) is 0 Å².